The van der Waals surface area contributed by atoms with Crippen LogP contribution in [0.15, 0.2) is 72.8 Å². The summed E-state index contributed by atoms with van der Waals surface area (Å²) in [5.41, 5.74) is 3.20. The Morgan fingerprint density at radius 3 is 2.33 bits per heavy atom. The summed E-state index contributed by atoms with van der Waals surface area (Å²) in [6.45, 7) is 2.56. The van der Waals surface area contributed by atoms with Gasteiger partial charge in [0.2, 0.25) is 5.69 Å². The number of para-hydroxylation sites is 2. The van der Waals surface area contributed by atoms with Gasteiger partial charge in [-0.2, -0.15) is 4.58 Å². The summed E-state index contributed by atoms with van der Waals surface area (Å²) in [7, 11) is 0. The fraction of sp³-hybridized carbons (Fsp3) is 0.0952. The maximum absolute atomic E-state index is 5.97. The van der Waals surface area contributed by atoms with Crippen molar-refractivity contribution in [1.29, 1.82) is 0 Å². The lowest BCUT2D eigenvalue weighted by Gasteiger charge is -2.17. The number of aryl methyl sites for hydroxylation is 1. The van der Waals surface area contributed by atoms with E-state index in [1.54, 1.807) is 0 Å². The van der Waals surface area contributed by atoms with Crippen LogP contribution in [0.4, 0.5) is 5.69 Å². The van der Waals surface area contributed by atoms with Crippen LogP contribution in [0.3, 0.4) is 0 Å². The number of hydrogen-bond acceptors (Lipinski definition) is 2. The van der Waals surface area contributed by atoms with E-state index in [0.29, 0.717) is 6.73 Å². The topological polar surface area (TPSA) is 21.5 Å². The highest BCUT2D eigenvalue weighted by Crippen LogP contribution is 2.32. The Balaban J connectivity index is 1.71. The molecule has 1 heterocycles. The van der Waals surface area contributed by atoms with E-state index in [9.17, 15) is 0 Å². The molecule has 1 aliphatic heterocycles. The summed E-state index contributed by atoms with van der Waals surface area (Å²) in [6.07, 6.45) is 2.11. The molecule has 118 valence electrons. The number of ether oxygens (including phenoxy) is 2. The van der Waals surface area contributed by atoms with Crippen molar-refractivity contribution in [3.63, 3.8) is 0 Å². The Kier molecular flexibility index (Phi) is 3.75. The summed E-state index contributed by atoms with van der Waals surface area (Å²) in [5, 5.41) is 0. The fourth-order valence-electron chi connectivity index (χ4n) is 2.85. The van der Waals surface area contributed by atoms with Gasteiger partial charge in [0, 0.05) is 12.1 Å². The molecule has 0 spiro atoms. The third-order valence-electron chi connectivity index (χ3n) is 3.99. The molecule has 0 saturated carbocycles. The molecule has 3 nitrogen and oxygen atoms in total. The van der Waals surface area contributed by atoms with Gasteiger partial charge in [-0.3, -0.25) is 0 Å². The lowest BCUT2D eigenvalue weighted by Crippen LogP contribution is -2.21. The Bertz CT molecular complexity index is 886. The van der Waals surface area contributed by atoms with E-state index in [1.807, 2.05) is 67.6 Å². The fourth-order valence-corrected chi connectivity index (χ4v) is 2.85. The number of hydrogen-bond donors (Lipinski definition) is 0. The highest BCUT2D eigenvalue weighted by Gasteiger charge is 2.21. The lowest BCUT2D eigenvalue weighted by atomic mass is 10.1. The molecule has 0 fully saturated rings. The summed E-state index contributed by atoms with van der Waals surface area (Å²) < 4.78 is 14.0. The first-order chi connectivity index (χ1) is 11.8. The van der Waals surface area contributed by atoms with Crippen LogP contribution in [0.25, 0.3) is 0 Å². The monoisotopic (exact) mass is 316 g/mol. The Morgan fingerprint density at radius 2 is 1.58 bits per heavy atom. The van der Waals surface area contributed by atoms with Crippen LogP contribution >= 0.6 is 0 Å². The number of benzene rings is 3. The van der Waals surface area contributed by atoms with Gasteiger partial charge in [-0.25, -0.2) is 0 Å². The van der Waals surface area contributed by atoms with Gasteiger partial charge in [-0.1, -0.05) is 36.4 Å². The molecule has 3 aromatic carbocycles. The number of nitrogens with zero attached hydrogens (tertiary/aromatic N) is 1. The average Bonchev–Trinajstić information content (AvgIpc) is 2.63. The van der Waals surface area contributed by atoms with E-state index in [2.05, 4.69) is 22.9 Å². The molecule has 1 aliphatic rings. The first kappa shape index (κ1) is 14.5. The molecule has 0 N–H and O–H groups in total. The first-order valence-electron chi connectivity index (χ1n) is 7.96. The lowest BCUT2D eigenvalue weighted by molar-refractivity contribution is -0.476. The highest BCUT2D eigenvalue weighted by molar-refractivity contribution is 5.83. The summed E-state index contributed by atoms with van der Waals surface area (Å²) in [4.78, 5) is 0. The van der Waals surface area contributed by atoms with E-state index in [-0.39, 0.29) is 0 Å². The Hall–Kier alpha value is -3.07. The van der Waals surface area contributed by atoms with Crippen LogP contribution in [0.1, 0.15) is 11.1 Å². The summed E-state index contributed by atoms with van der Waals surface area (Å²) >= 11 is 0. The van der Waals surface area contributed by atoms with Crippen molar-refractivity contribution >= 4 is 11.9 Å². The molecule has 0 amide bonds. The van der Waals surface area contributed by atoms with Gasteiger partial charge in [-0.05, 0) is 36.8 Å². The Morgan fingerprint density at radius 1 is 0.875 bits per heavy atom. The third-order valence-corrected chi connectivity index (χ3v) is 3.99. The predicted molar refractivity (Wildman–Crippen MR) is 94.7 cm³/mol. The predicted octanol–water partition coefficient (Wildman–Crippen LogP) is 4.90. The zero-order valence-electron chi connectivity index (χ0n) is 13.5. The molecule has 24 heavy (non-hydrogen) atoms. The zero-order chi connectivity index (χ0) is 16.4. The van der Waals surface area contributed by atoms with Crippen molar-refractivity contribution in [2.45, 2.75) is 6.92 Å². The first-order valence-corrected chi connectivity index (χ1v) is 7.96. The minimum absolute atomic E-state index is 0.511. The maximum atomic E-state index is 5.97. The average molecular weight is 316 g/mol. The number of rotatable bonds is 3. The third kappa shape index (κ3) is 2.88. The van der Waals surface area contributed by atoms with Gasteiger partial charge in [0.05, 0.1) is 5.56 Å². The van der Waals surface area contributed by atoms with Crippen LogP contribution in [-0.2, 0) is 0 Å². The second kappa shape index (κ2) is 6.20. The van der Waals surface area contributed by atoms with Crippen LogP contribution in [-0.4, -0.2) is 17.5 Å². The highest BCUT2D eigenvalue weighted by atomic mass is 16.5. The molecular weight excluding hydrogens is 298 g/mol. The second-order valence-electron chi connectivity index (χ2n) is 5.78. The number of fused-ring (bicyclic) bond motifs is 1. The molecule has 3 heteroatoms. The van der Waals surface area contributed by atoms with Crippen molar-refractivity contribution in [1.82, 2.24) is 0 Å². The smallest absolute Gasteiger partial charge is 0.292 e. The van der Waals surface area contributed by atoms with Crippen molar-refractivity contribution < 1.29 is 14.0 Å². The van der Waals surface area contributed by atoms with Crippen LogP contribution in [0.2, 0.25) is 0 Å². The SMILES string of the molecule is Cc1cc(Oc2ccccc2)cc2c1OC[N+](c1ccccc1)=C2. The van der Waals surface area contributed by atoms with Crippen LogP contribution < -0.4 is 9.47 Å². The minimum atomic E-state index is 0.511. The molecule has 4 rings (SSSR count). The van der Waals surface area contributed by atoms with Gasteiger partial charge in [-0.15, -0.1) is 0 Å². The van der Waals surface area contributed by atoms with Gasteiger partial charge >= 0.3 is 0 Å². The molecule has 0 saturated heterocycles. The van der Waals surface area contributed by atoms with Crippen LogP contribution in [0, 0.1) is 6.92 Å². The van der Waals surface area contributed by atoms with E-state index < -0.39 is 0 Å². The van der Waals surface area contributed by atoms with Crippen LogP contribution in [0.5, 0.6) is 17.2 Å². The van der Waals surface area contributed by atoms with Crippen molar-refractivity contribution in [3.05, 3.63) is 83.9 Å². The van der Waals surface area contributed by atoms with Crippen molar-refractivity contribution in [3.8, 4) is 17.2 Å². The Labute approximate surface area is 141 Å². The molecule has 0 atom stereocenters. The molecular formula is C21H18NO2+. The molecule has 0 unspecified atom stereocenters. The molecule has 0 aromatic heterocycles. The van der Waals surface area contributed by atoms with E-state index in [1.165, 1.54) is 0 Å². The summed E-state index contributed by atoms with van der Waals surface area (Å²) in [6, 6.07) is 24.0. The molecule has 0 radical (unpaired) electrons. The summed E-state index contributed by atoms with van der Waals surface area (Å²) in [5.74, 6) is 2.56. The second-order valence-corrected chi connectivity index (χ2v) is 5.78. The van der Waals surface area contributed by atoms with Gasteiger partial charge in [0.15, 0.2) is 6.21 Å². The normalized spacial score (nSPS) is 12.8. The maximum Gasteiger partial charge on any atom is 0.292 e. The molecule has 0 aliphatic carbocycles. The van der Waals surface area contributed by atoms with Crippen molar-refractivity contribution in [2.24, 2.45) is 0 Å². The molecule has 0 bridgehead atoms. The zero-order valence-corrected chi connectivity index (χ0v) is 13.5. The van der Waals surface area contributed by atoms with Gasteiger partial charge in [0.1, 0.15) is 17.2 Å². The minimum Gasteiger partial charge on any atom is -0.457 e. The van der Waals surface area contributed by atoms with Gasteiger partial charge in [0.25, 0.3) is 6.73 Å². The van der Waals surface area contributed by atoms with Gasteiger partial charge < -0.3 is 9.47 Å². The quantitative estimate of drug-likeness (QED) is 0.641. The van der Waals surface area contributed by atoms with E-state index >= 15 is 0 Å². The van der Waals surface area contributed by atoms with Crippen molar-refractivity contribution in [2.75, 3.05) is 6.73 Å². The van der Waals surface area contributed by atoms with E-state index in [4.69, 9.17) is 9.47 Å². The standard InChI is InChI=1S/C21H18NO2/c1-16-12-20(24-19-10-6-3-7-11-19)13-17-14-22(15-23-21(16)17)18-8-4-2-5-9-18/h2-14H,15H2,1H3/q+1. The largest absolute Gasteiger partial charge is 0.457 e. The molecule has 3 aromatic rings. The van der Waals surface area contributed by atoms with E-state index in [0.717, 1.165) is 34.1 Å².